The summed E-state index contributed by atoms with van der Waals surface area (Å²) in [6, 6.07) is 9.63. The number of hydrogen-bond donors (Lipinski definition) is 1. The molecule has 0 aliphatic heterocycles. The van der Waals surface area contributed by atoms with Gasteiger partial charge in [-0.25, -0.2) is 14.8 Å². The van der Waals surface area contributed by atoms with E-state index in [9.17, 15) is 4.79 Å². The standard InChI is InChI=1S/C15H17N3O2/c1-3-16-14-12(15(19)20-4-2)10-17-13(18-14)11-8-6-5-7-9-11/h5-10H,3-4H2,1-2H3,(H,16,17,18). The largest absolute Gasteiger partial charge is 0.462 e. The lowest BCUT2D eigenvalue weighted by Gasteiger charge is -2.10. The highest BCUT2D eigenvalue weighted by Gasteiger charge is 2.15. The minimum absolute atomic E-state index is 0.324. The molecule has 0 atom stereocenters. The predicted molar refractivity (Wildman–Crippen MR) is 77.6 cm³/mol. The van der Waals surface area contributed by atoms with Gasteiger partial charge in [-0.05, 0) is 13.8 Å². The van der Waals surface area contributed by atoms with Gasteiger partial charge in [-0.3, -0.25) is 0 Å². The Morgan fingerprint density at radius 1 is 1.25 bits per heavy atom. The van der Waals surface area contributed by atoms with E-state index >= 15 is 0 Å². The van der Waals surface area contributed by atoms with Crippen LogP contribution in [-0.4, -0.2) is 29.1 Å². The molecule has 0 unspecified atom stereocenters. The second-order valence-electron chi connectivity index (χ2n) is 4.07. The Morgan fingerprint density at radius 2 is 2.00 bits per heavy atom. The van der Waals surface area contributed by atoms with Crippen molar-refractivity contribution in [2.75, 3.05) is 18.5 Å². The molecular formula is C15H17N3O2. The van der Waals surface area contributed by atoms with E-state index in [2.05, 4.69) is 15.3 Å². The fourth-order valence-electron chi connectivity index (χ4n) is 1.77. The average molecular weight is 271 g/mol. The summed E-state index contributed by atoms with van der Waals surface area (Å²) < 4.78 is 5.00. The van der Waals surface area contributed by atoms with Crippen molar-refractivity contribution in [3.8, 4) is 11.4 Å². The first kappa shape index (κ1) is 14.0. The zero-order valence-corrected chi connectivity index (χ0v) is 11.6. The Bertz CT molecular complexity index is 585. The van der Waals surface area contributed by atoms with Crippen LogP contribution in [0.2, 0.25) is 0 Å². The smallest absolute Gasteiger partial charge is 0.343 e. The summed E-state index contributed by atoms with van der Waals surface area (Å²) in [6.45, 7) is 4.70. The highest BCUT2D eigenvalue weighted by molar-refractivity contribution is 5.94. The normalized spacial score (nSPS) is 10.1. The Balaban J connectivity index is 2.39. The second kappa shape index (κ2) is 6.65. The lowest BCUT2D eigenvalue weighted by molar-refractivity contribution is 0.0526. The number of carbonyl (C=O) groups excluding carboxylic acids is 1. The van der Waals surface area contributed by atoms with Gasteiger partial charge in [0.25, 0.3) is 0 Å². The number of ether oxygens (including phenoxy) is 1. The van der Waals surface area contributed by atoms with Gasteiger partial charge in [0.05, 0.1) is 6.61 Å². The van der Waals surface area contributed by atoms with Crippen LogP contribution in [0.5, 0.6) is 0 Å². The van der Waals surface area contributed by atoms with Gasteiger partial charge in [-0.2, -0.15) is 0 Å². The van der Waals surface area contributed by atoms with Crippen molar-refractivity contribution in [1.29, 1.82) is 0 Å². The number of benzene rings is 1. The molecule has 20 heavy (non-hydrogen) atoms. The Hall–Kier alpha value is -2.43. The molecule has 0 bridgehead atoms. The highest BCUT2D eigenvalue weighted by atomic mass is 16.5. The summed E-state index contributed by atoms with van der Waals surface area (Å²) in [4.78, 5) is 20.5. The van der Waals surface area contributed by atoms with Crippen molar-refractivity contribution in [2.45, 2.75) is 13.8 Å². The first-order valence-corrected chi connectivity index (χ1v) is 6.59. The molecule has 2 rings (SSSR count). The van der Waals surface area contributed by atoms with Crippen molar-refractivity contribution >= 4 is 11.8 Å². The monoisotopic (exact) mass is 271 g/mol. The summed E-state index contributed by atoms with van der Waals surface area (Å²) in [6.07, 6.45) is 1.51. The molecule has 5 nitrogen and oxygen atoms in total. The third-order valence-corrected chi connectivity index (χ3v) is 2.66. The maximum absolute atomic E-state index is 11.8. The first-order chi connectivity index (χ1) is 9.76. The first-order valence-electron chi connectivity index (χ1n) is 6.59. The maximum atomic E-state index is 11.8. The van der Waals surface area contributed by atoms with E-state index < -0.39 is 5.97 Å². The zero-order chi connectivity index (χ0) is 14.4. The number of nitrogens with one attached hydrogen (secondary N) is 1. The van der Waals surface area contributed by atoms with Crippen LogP contribution in [0.1, 0.15) is 24.2 Å². The minimum atomic E-state index is -0.414. The molecule has 0 radical (unpaired) electrons. The van der Waals surface area contributed by atoms with Crippen LogP contribution in [0.15, 0.2) is 36.5 Å². The van der Waals surface area contributed by atoms with Gasteiger partial charge < -0.3 is 10.1 Å². The molecule has 0 aliphatic rings. The van der Waals surface area contributed by atoms with E-state index in [1.165, 1.54) is 6.20 Å². The summed E-state index contributed by atoms with van der Waals surface area (Å²) >= 11 is 0. The van der Waals surface area contributed by atoms with Crippen LogP contribution >= 0.6 is 0 Å². The molecule has 5 heteroatoms. The highest BCUT2D eigenvalue weighted by Crippen LogP contribution is 2.19. The lowest BCUT2D eigenvalue weighted by Crippen LogP contribution is -2.12. The number of aromatic nitrogens is 2. The average Bonchev–Trinajstić information content (AvgIpc) is 2.48. The number of hydrogen-bond acceptors (Lipinski definition) is 5. The third kappa shape index (κ3) is 3.12. The third-order valence-electron chi connectivity index (χ3n) is 2.66. The van der Waals surface area contributed by atoms with Gasteiger partial charge in [-0.15, -0.1) is 0 Å². The molecule has 1 heterocycles. The number of esters is 1. The van der Waals surface area contributed by atoms with E-state index in [1.807, 2.05) is 37.3 Å². The number of rotatable bonds is 5. The van der Waals surface area contributed by atoms with Gasteiger partial charge in [-0.1, -0.05) is 30.3 Å². The van der Waals surface area contributed by atoms with Crippen molar-refractivity contribution in [2.24, 2.45) is 0 Å². The van der Waals surface area contributed by atoms with Gasteiger partial charge in [0.1, 0.15) is 11.4 Å². The molecule has 0 aliphatic carbocycles. The van der Waals surface area contributed by atoms with Gasteiger partial charge in [0, 0.05) is 18.3 Å². The number of nitrogens with zero attached hydrogens (tertiary/aromatic N) is 2. The Morgan fingerprint density at radius 3 is 2.65 bits per heavy atom. The SMILES string of the molecule is CCNc1nc(-c2ccccc2)ncc1C(=O)OCC. The lowest BCUT2D eigenvalue weighted by atomic mass is 10.2. The Labute approximate surface area is 118 Å². The molecule has 0 saturated carbocycles. The van der Waals surface area contributed by atoms with Gasteiger partial charge >= 0.3 is 5.97 Å². The molecule has 2 aromatic rings. The minimum Gasteiger partial charge on any atom is -0.462 e. The molecule has 0 amide bonds. The van der Waals surface area contributed by atoms with Crippen LogP contribution in [0.25, 0.3) is 11.4 Å². The summed E-state index contributed by atoms with van der Waals surface area (Å²) in [5, 5.41) is 3.07. The van der Waals surface area contributed by atoms with E-state index in [-0.39, 0.29) is 0 Å². The van der Waals surface area contributed by atoms with Crippen molar-refractivity contribution in [3.05, 3.63) is 42.1 Å². The quantitative estimate of drug-likeness (QED) is 0.847. The topological polar surface area (TPSA) is 64.1 Å². The van der Waals surface area contributed by atoms with E-state index in [1.54, 1.807) is 6.92 Å². The van der Waals surface area contributed by atoms with Gasteiger partial charge in [0.2, 0.25) is 0 Å². The molecule has 0 saturated heterocycles. The molecule has 1 N–H and O–H groups in total. The maximum Gasteiger partial charge on any atom is 0.343 e. The molecule has 104 valence electrons. The van der Waals surface area contributed by atoms with E-state index in [0.717, 1.165) is 5.56 Å². The molecule has 1 aromatic heterocycles. The molecule has 0 spiro atoms. The number of carbonyl (C=O) groups is 1. The van der Waals surface area contributed by atoms with Gasteiger partial charge in [0.15, 0.2) is 5.82 Å². The van der Waals surface area contributed by atoms with Crippen LogP contribution in [0, 0.1) is 0 Å². The number of anilines is 1. The van der Waals surface area contributed by atoms with Crippen LogP contribution in [-0.2, 0) is 4.74 Å². The van der Waals surface area contributed by atoms with Crippen LogP contribution in [0.4, 0.5) is 5.82 Å². The van der Waals surface area contributed by atoms with E-state index in [4.69, 9.17) is 4.74 Å². The molecule has 1 aromatic carbocycles. The predicted octanol–water partition coefficient (Wildman–Crippen LogP) is 2.75. The van der Waals surface area contributed by atoms with Crippen LogP contribution < -0.4 is 5.32 Å². The summed E-state index contributed by atoms with van der Waals surface area (Å²) in [5.74, 6) is 0.664. The van der Waals surface area contributed by atoms with Crippen molar-refractivity contribution < 1.29 is 9.53 Å². The molecular weight excluding hydrogens is 254 g/mol. The van der Waals surface area contributed by atoms with Crippen LogP contribution in [0.3, 0.4) is 0 Å². The summed E-state index contributed by atoms with van der Waals surface area (Å²) in [7, 11) is 0. The Kier molecular flexibility index (Phi) is 4.65. The van der Waals surface area contributed by atoms with E-state index in [0.29, 0.717) is 30.4 Å². The van der Waals surface area contributed by atoms with Crippen molar-refractivity contribution in [3.63, 3.8) is 0 Å². The zero-order valence-electron chi connectivity index (χ0n) is 11.6. The molecule has 0 fully saturated rings. The van der Waals surface area contributed by atoms with Crippen molar-refractivity contribution in [1.82, 2.24) is 9.97 Å². The second-order valence-corrected chi connectivity index (χ2v) is 4.07. The summed E-state index contributed by atoms with van der Waals surface area (Å²) in [5.41, 5.74) is 1.26. The fourth-order valence-corrected chi connectivity index (χ4v) is 1.77. The fraction of sp³-hybridized carbons (Fsp3) is 0.267.